The van der Waals surface area contributed by atoms with Crippen molar-refractivity contribution in [2.75, 3.05) is 38.2 Å². The van der Waals surface area contributed by atoms with Crippen LogP contribution in [0.4, 0.5) is 5.69 Å². The summed E-state index contributed by atoms with van der Waals surface area (Å²) in [6.07, 6.45) is 0.677. The van der Waals surface area contributed by atoms with Gasteiger partial charge in [0.15, 0.2) is 0 Å². The van der Waals surface area contributed by atoms with Crippen LogP contribution in [-0.4, -0.2) is 48.8 Å². The van der Waals surface area contributed by atoms with E-state index in [0.29, 0.717) is 37.6 Å². The molecule has 0 aliphatic rings. The molecule has 0 atom stereocenters. The summed E-state index contributed by atoms with van der Waals surface area (Å²) in [7, 11) is 0. The molecule has 1 rings (SSSR count). The molecule has 0 aromatic heterocycles. The summed E-state index contributed by atoms with van der Waals surface area (Å²) in [6, 6.07) is 7.40. The Hall–Kier alpha value is -1.59. The van der Waals surface area contributed by atoms with Crippen LogP contribution >= 0.6 is 0 Å². The molecule has 0 aliphatic carbocycles. The summed E-state index contributed by atoms with van der Waals surface area (Å²) in [4.78, 5) is 14.0. The fraction of sp³-hybridized carbons (Fsp3) is 0.533. The minimum absolute atomic E-state index is 0.0723. The topological polar surface area (TPSA) is 61.8 Å². The van der Waals surface area contributed by atoms with Crippen LogP contribution in [0, 0.1) is 0 Å². The molecule has 1 aromatic carbocycles. The second-order valence-electron chi connectivity index (χ2n) is 4.42. The second-order valence-corrected chi connectivity index (χ2v) is 4.42. The molecule has 1 amide bonds. The monoisotopic (exact) mass is 280 g/mol. The van der Waals surface area contributed by atoms with Crippen LogP contribution in [0.25, 0.3) is 0 Å². The van der Waals surface area contributed by atoms with Gasteiger partial charge in [0.05, 0.1) is 18.8 Å². The molecule has 0 radical (unpaired) electrons. The number of benzene rings is 1. The zero-order chi connectivity index (χ0) is 14.8. The number of rotatable bonds is 9. The molecule has 0 saturated heterocycles. The van der Waals surface area contributed by atoms with Crippen molar-refractivity contribution in [1.29, 1.82) is 0 Å². The smallest absolute Gasteiger partial charge is 0.238 e. The van der Waals surface area contributed by atoms with Crippen molar-refractivity contribution < 1.29 is 14.6 Å². The Labute approximate surface area is 120 Å². The number of anilines is 1. The second kappa shape index (κ2) is 9.34. The number of carbonyl (C=O) groups excluding carboxylic acids is 1. The highest BCUT2D eigenvalue weighted by Crippen LogP contribution is 2.23. The van der Waals surface area contributed by atoms with Gasteiger partial charge in [0, 0.05) is 13.2 Å². The maximum atomic E-state index is 12.0. The summed E-state index contributed by atoms with van der Waals surface area (Å²) >= 11 is 0. The standard InChI is InChI=1S/C15H24N2O3/c1-3-17(10-7-11-18)12-15(19)16-13-8-5-6-9-14(13)20-4-2/h5-6,8-9,18H,3-4,7,10-12H2,1-2H3,(H,16,19). The third-order valence-electron chi connectivity index (χ3n) is 2.91. The van der Waals surface area contributed by atoms with Crippen molar-refractivity contribution in [3.05, 3.63) is 24.3 Å². The molecule has 112 valence electrons. The van der Waals surface area contributed by atoms with Gasteiger partial charge >= 0.3 is 0 Å². The molecule has 1 aromatic rings. The average molecular weight is 280 g/mol. The van der Waals surface area contributed by atoms with Gasteiger partial charge in [0.25, 0.3) is 0 Å². The van der Waals surface area contributed by atoms with E-state index in [1.807, 2.05) is 43.0 Å². The largest absolute Gasteiger partial charge is 0.492 e. The van der Waals surface area contributed by atoms with Crippen LogP contribution in [0.5, 0.6) is 5.75 Å². The van der Waals surface area contributed by atoms with Gasteiger partial charge in [-0.2, -0.15) is 0 Å². The van der Waals surface area contributed by atoms with Gasteiger partial charge in [-0.3, -0.25) is 9.69 Å². The number of likely N-dealkylation sites (N-methyl/N-ethyl adjacent to an activating group) is 1. The number of hydrogen-bond donors (Lipinski definition) is 2. The Morgan fingerprint density at radius 2 is 2.10 bits per heavy atom. The fourth-order valence-corrected chi connectivity index (χ4v) is 1.89. The Kier molecular flexibility index (Phi) is 7.69. The normalized spacial score (nSPS) is 10.6. The van der Waals surface area contributed by atoms with Gasteiger partial charge < -0.3 is 15.2 Å². The highest BCUT2D eigenvalue weighted by Gasteiger charge is 2.11. The molecule has 2 N–H and O–H groups in total. The molecule has 0 heterocycles. The summed E-state index contributed by atoms with van der Waals surface area (Å²) in [6.45, 7) is 6.42. The van der Waals surface area contributed by atoms with E-state index in [9.17, 15) is 4.79 Å². The maximum Gasteiger partial charge on any atom is 0.238 e. The number of para-hydroxylation sites is 2. The van der Waals surface area contributed by atoms with Crippen molar-refractivity contribution in [3.63, 3.8) is 0 Å². The lowest BCUT2D eigenvalue weighted by Gasteiger charge is -2.19. The van der Waals surface area contributed by atoms with Gasteiger partial charge in [-0.15, -0.1) is 0 Å². The van der Waals surface area contributed by atoms with E-state index in [0.717, 1.165) is 6.54 Å². The molecule has 0 bridgehead atoms. The SMILES string of the molecule is CCOc1ccccc1NC(=O)CN(CC)CCCO. The van der Waals surface area contributed by atoms with E-state index in [-0.39, 0.29) is 12.5 Å². The van der Waals surface area contributed by atoms with Gasteiger partial charge in [-0.1, -0.05) is 19.1 Å². The first-order chi connectivity index (χ1) is 9.71. The predicted octanol–water partition coefficient (Wildman–Crippen LogP) is 1.73. The number of amides is 1. The van der Waals surface area contributed by atoms with Crippen LogP contribution in [0.1, 0.15) is 20.3 Å². The first-order valence-electron chi connectivity index (χ1n) is 7.06. The molecule has 20 heavy (non-hydrogen) atoms. The minimum Gasteiger partial charge on any atom is -0.492 e. The minimum atomic E-state index is -0.0723. The third kappa shape index (κ3) is 5.59. The summed E-state index contributed by atoms with van der Waals surface area (Å²) < 4.78 is 5.47. The zero-order valence-electron chi connectivity index (χ0n) is 12.3. The molecule has 5 heteroatoms. The van der Waals surface area contributed by atoms with Gasteiger partial charge in [0.1, 0.15) is 5.75 Å². The number of nitrogens with one attached hydrogen (secondary N) is 1. The van der Waals surface area contributed by atoms with Gasteiger partial charge in [0.2, 0.25) is 5.91 Å². The van der Waals surface area contributed by atoms with Crippen LogP contribution < -0.4 is 10.1 Å². The van der Waals surface area contributed by atoms with Crippen molar-refractivity contribution in [2.45, 2.75) is 20.3 Å². The maximum absolute atomic E-state index is 12.0. The summed E-state index contributed by atoms with van der Waals surface area (Å²) in [5.41, 5.74) is 0.692. The summed E-state index contributed by atoms with van der Waals surface area (Å²) in [5, 5.41) is 11.7. The van der Waals surface area contributed by atoms with Gasteiger partial charge in [-0.05, 0) is 32.0 Å². The lowest BCUT2D eigenvalue weighted by molar-refractivity contribution is -0.117. The highest BCUT2D eigenvalue weighted by atomic mass is 16.5. The van der Waals surface area contributed by atoms with E-state index in [1.165, 1.54) is 0 Å². The molecule has 0 spiro atoms. The number of aliphatic hydroxyl groups is 1. The Morgan fingerprint density at radius 1 is 1.35 bits per heavy atom. The third-order valence-corrected chi connectivity index (χ3v) is 2.91. The van der Waals surface area contributed by atoms with Crippen LogP contribution in [0.15, 0.2) is 24.3 Å². The average Bonchev–Trinajstić information content (AvgIpc) is 2.45. The number of aliphatic hydroxyl groups excluding tert-OH is 1. The van der Waals surface area contributed by atoms with Crippen LogP contribution in [-0.2, 0) is 4.79 Å². The van der Waals surface area contributed by atoms with Crippen molar-refractivity contribution in [3.8, 4) is 5.75 Å². The highest BCUT2D eigenvalue weighted by molar-refractivity contribution is 5.93. The molecule has 0 unspecified atom stereocenters. The predicted molar refractivity (Wildman–Crippen MR) is 80.1 cm³/mol. The van der Waals surface area contributed by atoms with E-state index in [1.54, 1.807) is 0 Å². The van der Waals surface area contributed by atoms with Gasteiger partial charge in [-0.25, -0.2) is 0 Å². The quantitative estimate of drug-likeness (QED) is 0.723. The first-order valence-corrected chi connectivity index (χ1v) is 7.06. The van der Waals surface area contributed by atoms with Crippen molar-refractivity contribution >= 4 is 11.6 Å². The number of hydrogen-bond acceptors (Lipinski definition) is 4. The fourth-order valence-electron chi connectivity index (χ4n) is 1.89. The number of ether oxygens (including phenoxy) is 1. The summed E-state index contributed by atoms with van der Waals surface area (Å²) in [5.74, 6) is 0.610. The lowest BCUT2D eigenvalue weighted by Crippen LogP contribution is -2.34. The van der Waals surface area contributed by atoms with Crippen molar-refractivity contribution in [2.24, 2.45) is 0 Å². The van der Waals surface area contributed by atoms with Crippen LogP contribution in [0.3, 0.4) is 0 Å². The zero-order valence-corrected chi connectivity index (χ0v) is 12.3. The molecular formula is C15H24N2O3. The Balaban J connectivity index is 2.56. The Morgan fingerprint density at radius 3 is 2.75 bits per heavy atom. The van der Waals surface area contributed by atoms with Crippen molar-refractivity contribution in [1.82, 2.24) is 4.90 Å². The number of nitrogens with zero attached hydrogens (tertiary/aromatic N) is 1. The van der Waals surface area contributed by atoms with E-state index >= 15 is 0 Å². The van der Waals surface area contributed by atoms with E-state index in [2.05, 4.69) is 5.32 Å². The lowest BCUT2D eigenvalue weighted by atomic mass is 10.3. The molecule has 0 saturated carbocycles. The molecule has 5 nitrogen and oxygen atoms in total. The first kappa shape index (κ1) is 16.5. The molecule has 0 aliphatic heterocycles. The Bertz CT molecular complexity index is 410. The number of carbonyl (C=O) groups is 1. The van der Waals surface area contributed by atoms with Crippen LogP contribution in [0.2, 0.25) is 0 Å². The molecule has 0 fully saturated rings. The molecular weight excluding hydrogens is 256 g/mol. The van der Waals surface area contributed by atoms with E-state index < -0.39 is 0 Å². The van der Waals surface area contributed by atoms with E-state index in [4.69, 9.17) is 9.84 Å².